The molecule has 622 valence electrons. The molecule has 0 aromatic heterocycles. The summed E-state index contributed by atoms with van der Waals surface area (Å²) >= 11 is 0. The number of ether oxygens (including phenoxy) is 2. The van der Waals surface area contributed by atoms with Crippen LogP contribution >= 0.6 is 0 Å². The van der Waals surface area contributed by atoms with Crippen LogP contribution in [-0.4, -0.2) is 207 Å². The van der Waals surface area contributed by atoms with Gasteiger partial charge in [-0.2, -0.15) is 0 Å². The van der Waals surface area contributed by atoms with E-state index in [1.807, 2.05) is 78.1 Å². The van der Waals surface area contributed by atoms with Crippen LogP contribution in [0.25, 0.3) is 22.3 Å². The zero-order chi connectivity index (χ0) is 85.0. The van der Waals surface area contributed by atoms with Gasteiger partial charge in [-0.05, 0) is 104 Å². The second-order valence-electron chi connectivity index (χ2n) is 30.0. The number of guanidine groups is 1. The van der Waals surface area contributed by atoms with Crippen LogP contribution < -0.4 is 75.3 Å². The smallest absolute Gasteiger partial charge is 0.408 e. The lowest BCUT2D eigenvalue weighted by Crippen LogP contribution is -2.64. The number of nitrogens with two attached hydrogens (primary N) is 2. The third kappa shape index (κ3) is 28.6. The van der Waals surface area contributed by atoms with E-state index in [1.54, 1.807) is 84.9 Å². The Balaban J connectivity index is 1.56. The Bertz CT molecular complexity index is 4150. The first-order chi connectivity index (χ1) is 54.4. The molecule has 12 amide bonds. The molecule has 34 heteroatoms. The van der Waals surface area contributed by atoms with Crippen molar-refractivity contribution in [2.45, 2.75) is 198 Å². The Morgan fingerprint density at radius 1 is 0.565 bits per heavy atom. The van der Waals surface area contributed by atoms with Crippen molar-refractivity contribution in [3.63, 3.8) is 0 Å². The van der Waals surface area contributed by atoms with E-state index >= 15 is 24.0 Å². The maximum Gasteiger partial charge on any atom is 0.408 e. The number of alkyl carbamates (subject to hydrolysis) is 1. The third-order valence-electron chi connectivity index (χ3n) is 18.7. The van der Waals surface area contributed by atoms with Crippen LogP contribution in [-0.2, 0) is 79.8 Å². The number of hydrogen-bond acceptors (Lipinski definition) is 20. The van der Waals surface area contributed by atoms with Crippen molar-refractivity contribution in [2.75, 3.05) is 19.7 Å². The van der Waals surface area contributed by atoms with E-state index in [2.05, 4.69) is 58.5 Å². The summed E-state index contributed by atoms with van der Waals surface area (Å²) < 4.78 is 11.7. The van der Waals surface area contributed by atoms with Gasteiger partial charge in [0.2, 0.25) is 65.0 Å². The van der Waals surface area contributed by atoms with Crippen molar-refractivity contribution in [3.8, 4) is 22.3 Å². The summed E-state index contributed by atoms with van der Waals surface area (Å²) in [6.45, 7) is 12.9. The number of rotatable bonds is 26. The van der Waals surface area contributed by atoms with Crippen molar-refractivity contribution in [3.05, 3.63) is 156 Å². The highest BCUT2D eigenvalue weighted by atomic mass is 16.6. The summed E-state index contributed by atoms with van der Waals surface area (Å²) in [6, 6.07) is 20.4. The molecule has 15 atom stereocenters. The Morgan fingerprint density at radius 2 is 1.04 bits per heavy atom. The molecule has 21 N–H and O–H groups in total. The fourth-order valence-corrected chi connectivity index (χ4v) is 12.2. The minimum absolute atomic E-state index is 0.0148. The Hall–Kier alpha value is -11.9. The molecule has 34 nitrogen and oxygen atoms in total. The minimum atomic E-state index is -2.63. The SMILES string of the molecule is CC[C@H](C)[C@@H]1NC(=O)[C@@H](CCCNC(=N)N)NC(=O)[C@H](CC(C)C)NC(=O)[C@H]([C@H](O)C(C)C)NC(=O)[C@@H](NC(=O)[C@H](Cc2ccc(-c3ccccc3)cc2)NC(=O)[C@@H](Cc2ccc(-c3ccccc3)cc2)NC(=O)OC(C)(C)C)[C@@H](c2ccccc2)OC(=O)[C@H](CO)NC(=O)[C@H]([C@H](O)C(N)=O)NC(=O)CNC(=O)[C@H]([C@H](C)O)NC1=O. The van der Waals surface area contributed by atoms with E-state index in [0.29, 0.717) is 11.1 Å². The molecule has 5 aromatic carbocycles. The van der Waals surface area contributed by atoms with Gasteiger partial charge in [0.05, 0.1) is 25.4 Å². The Morgan fingerprint density at radius 3 is 1.54 bits per heavy atom. The van der Waals surface area contributed by atoms with E-state index in [4.69, 9.17) is 26.4 Å². The van der Waals surface area contributed by atoms with Crippen LogP contribution in [0.5, 0.6) is 0 Å². The van der Waals surface area contributed by atoms with Crippen LogP contribution in [0.1, 0.15) is 118 Å². The average molecular weight is 1600 g/mol. The molecular weight excluding hydrogens is 1490 g/mol. The molecule has 115 heavy (non-hydrogen) atoms. The first-order valence-corrected chi connectivity index (χ1v) is 37.9. The number of cyclic esters (lactones) is 1. The van der Waals surface area contributed by atoms with E-state index in [-0.39, 0.29) is 44.2 Å². The second-order valence-corrected chi connectivity index (χ2v) is 30.0. The number of esters is 1. The number of hydrogen-bond donors (Lipinski definition) is 19. The van der Waals surface area contributed by atoms with Crippen molar-refractivity contribution < 1.29 is 92.2 Å². The number of benzene rings is 5. The lowest BCUT2D eigenvalue weighted by Gasteiger charge is -2.33. The second kappa shape index (κ2) is 44.0. The van der Waals surface area contributed by atoms with Gasteiger partial charge in [0.15, 0.2) is 24.2 Å². The molecule has 1 aliphatic heterocycles. The van der Waals surface area contributed by atoms with Crippen LogP contribution in [0.3, 0.4) is 0 Å². The quantitative estimate of drug-likeness (QED) is 0.0151. The van der Waals surface area contributed by atoms with Crippen molar-refractivity contribution >= 4 is 83.0 Å². The van der Waals surface area contributed by atoms with Gasteiger partial charge in [-0.3, -0.25) is 58.1 Å². The fourth-order valence-electron chi connectivity index (χ4n) is 12.2. The zero-order valence-electron chi connectivity index (χ0n) is 66.0. The van der Waals surface area contributed by atoms with Crippen molar-refractivity contribution in [1.29, 1.82) is 5.41 Å². The number of primary amides is 1. The molecule has 0 saturated carbocycles. The molecule has 0 unspecified atom stereocenters. The van der Waals surface area contributed by atoms with Crippen LogP contribution in [0.2, 0.25) is 0 Å². The van der Waals surface area contributed by atoms with Gasteiger partial charge in [0.25, 0.3) is 0 Å². The monoisotopic (exact) mass is 1600 g/mol. The minimum Gasteiger partial charge on any atom is -0.453 e. The fraction of sp³-hybridized carbons (Fsp3) is 0.457. The molecule has 1 aliphatic rings. The van der Waals surface area contributed by atoms with Gasteiger partial charge in [0.1, 0.15) is 60.0 Å². The third-order valence-corrected chi connectivity index (χ3v) is 18.7. The molecule has 6 rings (SSSR count). The molecule has 1 heterocycles. The topological polar surface area (TPSA) is 542 Å². The largest absolute Gasteiger partial charge is 0.453 e. The normalized spacial score (nSPS) is 21.7. The number of carbonyl (C=O) groups is 13. The summed E-state index contributed by atoms with van der Waals surface area (Å²) in [6.07, 6.45) is -10.2. The zero-order valence-corrected chi connectivity index (χ0v) is 66.0. The molecule has 0 radical (unpaired) electrons. The average Bonchev–Trinajstić information content (AvgIpc) is 0.804. The summed E-state index contributed by atoms with van der Waals surface area (Å²) in [5.74, 6) is -17.9. The molecule has 1 fully saturated rings. The van der Waals surface area contributed by atoms with Gasteiger partial charge in [0, 0.05) is 19.4 Å². The number of nitrogens with one attached hydrogen (secondary N) is 13. The molecule has 0 spiro atoms. The van der Waals surface area contributed by atoms with Crippen molar-refractivity contribution in [1.82, 2.24) is 63.8 Å². The maximum atomic E-state index is 16.0. The number of amides is 12. The summed E-state index contributed by atoms with van der Waals surface area (Å²) in [5, 5.41) is 82.5. The van der Waals surface area contributed by atoms with Crippen LogP contribution in [0.4, 0.5) is 4.79 Å². The number of carbonyl (C=O) groups excluding carboxylic acids is 13. The van der Waals surface area contributed by atoms with E-state index in [9.17, 15) is 58.8 Å². The molecule has 1 saturated heterocycles. The Kier molecular flexibility index (Phi) is 35.2. The Labute approximate surface area is 667 Å². The number of aliphatic hydroxyl groups is 4. The van der Waals surface area contributed by atoms with Crippen LogP contribution in [0.15, 0.2) is 140 Å². The highest BCUT2D eigenvalue weighted by Gasteiger charge is 2.44. The highest BCUT2D eigenvalue weighted by molar-refractivity contribution is 6.01. The van der Waals surface area contributed by atoms with E-state index in [1.165, 1.54) is 44.2 Å². The summed E-state index contributed by atoms with van der Waals surface area (Å²) in [7, 11) is 0. The first-order valence-electron chi connectivity index (χ1n) is 37.9. The first kappa shape index (κ1) is 92.0. The van der Waals surface area contributed by atoms with Crippen molar-refractivity contribution in [2.24, 2.45) is 29.2 Å². The predicted molar refractivity (Wildman–Crippen MR) is 423 cm³/mol. The lowest BCUT2D eigenvalue weighted by molar-refractivity contribution is -0.159. The summed E-state index contributed by atoms with van der Waals surface area (Å²) in [5.41, 5.74) is 14.0. The maximum absolute atomic E-state index is 16.0. The highest BCUT2D eigenvalue weighted by Crippen LogP contribution is 2.27. The van der Waals surface area contributed by atoms with E-state index < -0.39 is 211 Å². The molecular formula is C81H109N15O19. The molecule has 0 aliphatic carbocycles. The molecule has 5 aromatic rings. The standard InChI is InChI=1S/C81H109N15O19/c1-11-45(6)60-74(108)94-61(46(7)98)73(107)86-41-59(99)92-63(66(101)68(82)102)76(110)90-58(42-97)78(112)114-67(53-26-19-14-20-27-53)64(77(111)95-62(65(100)44(4)5)75(109)89-55(38-43(2)3)70(104)87-54(69(103)93-60)28-21-37-85-79(83)84)96-72(106)56(39-47-29-33-51(34-30-47)49-22-15-12-16-23-49)88-71(105)57(91-80(113)115-81(8,9)10)40-48-31-35-52(36-32-48)50-24-17-13-18-25-50/h12-20,22-27,29-36,43-46,54-58,60-67,97-98,100-101H,11,21,28,37-42H2,1-10H3,(H2,82,102)(H,86,107)(H,87,104)(H,88,105)(H,89,109)(H,90,110)(H,91,113)(H,92,99)(H,93,103)(H,94,108)(H,95,111)(H,96,106)(H4,83,84,85)/t45-,46-,54+,55-,56-,57+,58-,60-,61-,62-,63-,64-,65+,66-,67+/m0/s1. The predicted octanol–water partition coefficient (Wildman–Crippen LogP) is 0.0683. The van der Waals surface area contributed by atoms with Gasteiger partial charge in [-0.15, -0.1) is 0 Å². The van der Waals surface area contributed by atoms with Gasteiger partial charge >= 0.3 is 12.1 Å². The molecule has 0 bridgehead atoms. The summed E-state index contributed by atoms with van der Waals surface area (Å²) in [4.78, 5) is 190. The van der Waals surface area contributed by atoms with Crippen LogP contribution in [0, 0.1) is 23.2 Å². The number of aliphatic hydroxyl groups excluding tert-OH is 4. The lowest BCUT2D eigenvalue weighted by atomic mass is 9.95. The van der Waals surface area contributed by atoms with Gasteiger partial charge < -0.3 is 105 Å². The van der Waals surface area contributed by atoms with E-state index in [0.717, 1.165) is 29.2 Å². The van der Waals surface area contributed by atoms with Gasteiger partial charge in [-0.1, -0.05) is 187 Å². The van der Waals surface area contributed by atoms with Gasteiger partial charge in [-0.25, -0.2) is 9.59 Å².